The van der Waals surface area contributed by atoms with Crippen LogP contribution in [0.3, 0.4) is 0 Å². The number of para-hydroxylation sites is 1. The maximum Gasteiger partial charge on any atom is 0.312 e. The Morgan fingerprint density at radius 3 is 2.59 bits per heavy atom. The summed E-state index contributed by atoms with van der Waals surface area (Å²) >= 11 is 0. The number of hydrogen-bond donors (Lipinski definition) is 1. The predicted octanol–water partition coefficient (Wildman–Crippen LogP) is 3.62. The van der Waals surface area contributed by atoms with E-state index in [0.29, 0.717) is 16.9 Å². The zero-order valence-corrected chi connectivity index (χ0v) is 15.4. The number of hydrogen-bond acceptors (Lipinski definition) is 6. The molecule has 0 aliphatic heterocycles. The summed E-state index contributed by atoms with van der Waals surface area (Å²) in [7, 11) is 0. The molecule has 4 rings (SSSR count). The normalized spacial score (nSPS) is 10.6. The first-order valence-corrected chi connectivity index (χ1v) is 9.04. The van der Waals surface area contributed by atoms with Gasteiger partial charge in [-0.1, -0.05) is 42.5 Å². The van der Waals surface area contributed by atoms with Crippen LogP contribution in [0.1, 0.15) is 16.8 Å². The summed E-state index contributed by atoms with van der Waals surface area (Å²) in [5.74, 6) is -0.133. The number of aromatic nitrogens is 2. The maximum atomic E-state index is 12.3. The van der Waals surface area contributed by atoms with Crippen molar-refractivity contribution in [3.05, 3.63) is 78.7 Å². The molecule has 0 atom stereocenters. The number of fused-ring (bicyclic) bond motifs is 1. The van der Waals surface area contributed by atoms with Crippen LogP contribution in [0.4, 0.5) is 0 Å². The van der Waals surface area contributed by atoms with Crippen LogP contribution in [0, 0.1) is 0 Å². The van der Waals surface area contributed by atoms with E-state index in [-0.39, 0.29) is 24.8 Å². The van der Waals surface area contributed by atoms with Gasteiger partial charge in [0.25, 0.3) is 11.8 Å². The summed E-state index contributed by atoms with van der Waals surface area (Å²) in [5, 5.41) is 12.2. The third kappa shape index (κ3) is 4.30. The Labute approximate surface area is 166 Å². The van der Waals surface area contributed by atoms with Gasteiger partial charge in [-0.3, -0.25) is 9.59 Å². The Hall–Kier alpha value is -4.00. The summed E-state index contributed by atoms with van der Waals surface area (Å²) in [5.41, 5.74) is 1.07. The molecule has 1 N–H and O–H groups in total. The Kier molecular flexibility index (Phi) is 5.29. The molecule has 1 aromatic heterocycles. The van der Waals surface area contributed by atoms with Crippen molar-refractivity contribution in [2.24, 2.45) is 0 Å². The molecule has 0 fully saturated rings. The van der Waals surface area contributed by atoms with Crippen LogP contribution >= 0.6 is 0 Å². The van der Waals surface area contributed by atoms with E-state index in [9.17, 15) is 9.59 Å². The van der Waals surface area contributed by atoms with Gasteiger partial charge >= 0.3 is 5.97 Å². The fraction of sp³-hybridized carbons (Fsp3) is 0.0909. The Bertz CT molecular complexity index is 1160. The fourth-order valence-corrected chi connectivity index (χ4v) is 2.91. The van der Waals surface area contributed by atoms with Crippen LogP contribution in [-0.4, -0.2) is 28.6 Å². The third-order valence-electron chi connectivity index (χ3n) is 4.33. The average Bonchev–Trinajstić information content (AvgIpc) is 3.28. The van der Waals surface area contributed by atoms with Crippen molar-refractivity contribution in [3.8, 4) is 17.2 Å². The zero-order chi connectivity index (χ0) is 20.1. The second kappa shape index (κ2) is 8.35. The van der Waals surface area contributed by atoms with Crippen LogP contribution in [0.5, 0.6) is 5.75 Å². The molecule has 4 aromatic rings. The topological polar surface area (TPSA) is 94.3 Å². The molecule has 0 bridgehead atoms. The van der Waals surface area contributed by atoms with Gasteiger partial charge in [-0.05, 0) is 35.0 Å². The molecule has 0 saturated heterocycles. The summed E-state index contributed by atoms with van der Waals surface area (Å²) in [4.78, 5) is 24.5. The second-order valence-corrected chi connectivity index (χ2v) is 6.28. The van der Waals surface area contributed by atoms with Crippen molar-refractivity contribution in [3.63, 3.8) is 0 Å². The lowest BCUT2D eigenvalue weighted by Crippen LogP contribution is -2.27. The molecule has 7 nitrogen and oxygen atoms in total. The van der Waals surface area contributed by atoms with E-state index in [0.717, 1.165) is 10.8 Å². The molecule has 0 aliphatic rings. The number of nitrogens with zero attached hydrogens (tertiary/aromatic N) is 2. The third-order valence-corrected chi connectivity index (χ3v) is 4.33. The molecule has 0 saturated carbocycles. The van der Waals surface area contributed by atoms with Gasteiger partial charge in [0, 0.05) is 12.1 Å². The standard InChI is InChI=1S/C22H17N3O4/c26-20(29-19-8-4-3-7-18(19)22-25-24-14-28-22)11-12-23-21(27)17-10-9-15-5-1-2-6-16(15)13-17/h1-10,13-14H,11-12H2,(H,23,27). The summed E-state index contributed by atoms with van der Waals surface area (Å²) < 4.78 is 10.6. The van der Waals surface area contributed by atoms with Gasteiger partial charge < -0.3 is 14.5 Å². The van der Waals surface area contributed by atoms with Crippen LogP contribution in [-0.2, 0) is 4.79 Å². The molecular weight excluding hydrogens is 370 g/mol. The number of carbonyl (C=O) groups is 2. The number of esters is 1. The number of carbonyl (C=O) groups excluding carboxylic acids is 2. The molecular formula is C22H17N3O4. The minimum atomic E-state index is -0.476. The van der Waals surface area contributed by atoms with E-state index in [1.165, 1.54) is 6.39 Å². The van der Waals surface area contributed by atoms with Gasteiger partial charge in [-0.15, -0.1) is 10.2 Å². The number of benzene rings is 3. The first-order chi connectivity index (χ1) is 14.2. The quantitative estimate of drug-likeness (QED) is 0.401. The van der Waals surface area contributed by atoms with Crippen LogP contribution in [0.15, 0.2) is 77.5 Å². The molecule has 1 heterocycles. The minimum absolute atomic E-state index is 0.0253. The first-order valence-electron chi connectivity index (χ1n) is 9.04. The molecule has 0 unspecified atom stereocenters. The molecule has 0 aliphatic carbocycles. The number of amides is 1. The van der Waals surface area contributed by atoms with Crippen molar-refractivity contribution in [2.75, 3.05) is 6.54 Å². The second-order valence-electron chi connectivity index (χ2n) is 6.28. The smallest absolute Gasteiger partial charge is 0.312 e. The summed E-state index contributed by atoms with van der Waals surface area (Å²) in [6.45, 7) is 0.160. The lowest BCUT2D eigenvalue weighted by Gasteiger charge is -2.09. The lowest BCUT2D eigenvalue weighted by molar-refractivity contribution is -0.134. The highest BCUT2D eigenvalue weighted by molar-refractivity contribution is 5.98. The highest BCUT2D eigenvalue weighted by atomic mass is 16.5. The van der Waals surface area contributed by atoms with Crippen molar-refractivity contribution in [1.82, 2.24) is 15.5 Å². The van der Waals surface area contributed by atoms with Crippen LogP contribution in [0.25, 0.3) is 22.2 Å². The predicted molar refractivity (Wildman–Crippen MR) is 106 cm³/mol. The number of rotatable bonds is 6. The highest BCUT2D eigenvalue weighted by Crippen LogP contribution is 2.28. The first kappa shape index (κ1) is 18.4. The van der Waals surface area contributed by atoms with Gasteiger partial charge in [0.05, 0.1) is 12.0 Å². The summed E-state index contributed by atoms with van der Waals surface area (Å²) in [6.07, 6.45) is 1.23. The fourth-order valence-electron chi connectivity index (χ4n) is 2.91. The molecule has 1 amide bonds. The largest absolute Gasteiger partial charge is 0.426 e. The molecule has 0 spiro atoms. The van der Waals surface area contributed by atoms with E-state index < -0.39 is 5.97 Å². The molecule has 0 radical (unpaired) electrons. The average molecular weight is 387 g/mol. The lowest BCUT2D eigenvalue weighted by atomic mass is 10.1. The van der Waals surface area contributed by atoms with Crippen molar-refractivity contribution in [1.29, 1.82) is 0 Å². The van der Waals surface area contributed by atoms with E-state index in [1.807, 2.05) is 36.4 Å². The molecule has 29 heavy (non-hydrogen) atoms. The van der Waals surface area contributed by atoms with E-state index in [1.54, 1.807) is 30.3 Å². The number of nitrogens with one attached hydrogen (secondary N) is 1. The minimum Gasteiger partial charge on any atom is -0.426 e. The van der Waals surface area contributed by atoms with Gasteiger partial charge in [0.1, 0.15) is 5.75 Å². The van der Waals surface area contributed by atoms with E-state index in [2.05, 4.69) is 15.5 Å². The van der Waals surface area contributed by atoms with Gasteiger partial charge in [0.15, 0.2) is 0 Å². The molecule has 3 aromatic carbocycles. The van der Waals surface area contributed by atoms with Crippen molar-refractivity contribution in [2.45, 2.75) is 6.42 Å². The summed E-state index contributed by atoms with van der Waals surface area (Å²) in [6, 6.07) is 20.2. The Morgan fingerprint density at radius 1 is 0.966 bits per heavy atom. The van der Waals surface area contributed by atoms with E-state index in [4.69, 9.17) is 9.15 Å². The van der Waals surface area contributed by atoms with Crippen LogP contribution in [0.2, 0.25) is 0 Å². The van der Waals surface area contributed by atoms with Gasteiger partial charge in [-0.2, -0.15) is 0 Å². The van der Waals surface area contributed by atoms with Crippen molar-refractivity contribution < 1.29 is 18.7 Å². The van der Waals surface area contributed by atoms with E-state index >= 15 is 0 Å². The highest BCUT2D eigenvalue weighted by Gasteiger charge is 2.14. The van der Waals surface area contributed by atoms with Gasteiger partial charge in [-0.25, -0.2) is 0 Å². The number of ether oxygens (including phenoxy) is 1. The molecule has 7 heteroatoms. The molecule has 144 valence electrons. The maximum absolute atomic E-state index is 12.3. The van der Waals surface area contributed by atoms with Crippen LogP contribution < -0.4 is 10.1 Å². The Balaban J connectivity index is 1.34. The van der Waals surface area contributed by atoms with Crippen molar-refractivity contribution >= 4 is 22.6 Å². The zero-order valence-electron chi connectivity index (χ0n) is 15.4. The SMILES string of the molecule is O=C(CCNC(=O)c1ccc2ccccc2c1)Oc1ccccc1-c1nnco1. The Morgan fingerprint density at radius 2 is 1.76 bits per heavy atom. The monoisotopic (exact) mass is 387 g/mol. The van der Waals surface area contributed by atoms with Gasteiger partial charge in [0.2, 0.25) is 6.39 Å².